The van der Waals surface area contributed by atoms with Crippen LogP contribution in [-0.2, 0) is 11.2 Å². The number of aryl methyl sites for hydroxylation is 2. The van der Waals surface area contributed by atoms with Gasteiger partial charge >= 0.3 is 0 Å². The maximum Gasteiger partial charge on any atom is 0.141 e. The maximum absolute atomic E-state index is 6.20. The van der Waals surface area contributed by atoms with Crippen LogP contribution < -0.4 is 4.90 Å². The maximum atomic E-state index is 6.20. The number of hydrogen-bond acceptors (Lipinski definition) is 4. The lowest BCUT2D eigenvalue weighted by Crippen LogP contribution is -2.27. The summed E-state index contributed by atoms with van der Waals surface area (Å²) in [6, 6.07) is 17.1. The molecule has 1 aliphatic heterocycles. The van der Waals surface area contributed by atoms with Crippen molar-refractivity contribution in [1.82, 2.24) is 5.16 Å². The van der Waals surface area contributed by atoms with Gasteiger partial charge in [0.1, 0.15) is 5.76 Å². The smallest absolute Gasteiger partial charge is 0.141 e. The fourth-order valence-electron chi connectivity index (χ4n) is 3.76. The lowest BCUT2D eigenvalue weighted by Gasteiger charge is -2.29. The Morgan fingerprint density at radius 2 is 1.88 bits per heavy atom. The molecule has 26 heavy (non-hydrogen) atoms. The largest absolute Gasteiger partial charge is 0.372 e. The van der Waals surface area contributed by atoms with E-state index in [1.807, 2.05) is 19.9 Å². The quantitative estimate of drug-likeness (QED) is 0.672. The summed E-state index contributed by atoms with van der Waals surface area (Å²) in [6.07, 6.45) is 0.921. The molecular formula is C22H24N2O2. The van der Waals surface area contributed by atoms with Crippen molar-refractivity contribution >= 4 is 5.69 Å². The summed E-state index contributed by atoms with van der Waals surface area (Å²) in [6.45, 7) is 5.56. The Morgan fingerprint density at radius 1 is 1.08 bits per heavy atom. The van der Waals surface area contributed by atoms with E-state index in [0.29, 0.717) is 0 Å². The Bertz CT molecular complexity index is 882. The second kappa shape index (κ2) is 6.96. The van der Waals surface area contributed by atoms with Crippen LogP contribution in [-0.4, -0.2) is 25.4 Å². The van der Waals surface area contributed by atoms with Crippen LogP contribution >= 0.6 is 0 Å². The van der Waals surface area contributed by atoms with Gasteiger partial charge in [0.25, 0.3) is 0 Å². The molecule has 1 unspecified atom stereocenters. The number of ether oxygens (including phenoxy) is 1. The van der Waals surface area contributed by atoms with E-state index in [2.05, 4.69) is 59.6 Å². The number of fused-ring (bicyclic) bond motifs is 1. The number of rotatable bonds is 2. The Hall–Kier alpha value is -2.59. The molecule has 0 saturated carbocycles. The zero-order chi connectivity index (χ0) is 18.1. The highest BCUT2D eigenvalue weighted by Crippen LogP contribution is 2.35. The van der Waals surface area contributed by atoms with E-state index in [-0.39, 0.29) is 6.10 Å². The number of likely N-dealkylation sites (N-methyl/N-ethyl adjacent to an activating group) is 1. The summed E-state index contributed by atoms with van der Waals surface area (Å²) in [4.78, 5) is 2.27. The predicted octanol–water partition coefficient (Wildman–Crippen LogP) is 4.71. The average Bonchev–Trinajstić information content (AvgIpc) is 2.98. The van der Waals surface area contributed by atoms with E-state index in [0.717, 1.165) is 42.2 Å². The van der Waals surface area contributed by atoms with Crippen molar-refractivity contribution in [3.05, 3.63) is 71.1 Å². The van der Waals surface area contributed by atoms with Crippen molar-refractivity contribution in [2.45, 2.75) is 26.4 Å². The van der Waals surface area contributed by atoms with Crippen LogP contribution in [0.1, 0.15) is 28.7 Å². The van der Waals surface area contributed by atoms with Crippen LogP contribution in [0.3, 0.4) is 0 Å². The number of nitrogens with zero attached hydrogens (tertiary/aromatic N) is 2. The van der Waals surface area contributed by atoms with Crippen molar-refractivity contribution in [1.29, 1.82) is 0 Å². The highest BCUT2D eigenvalue weighted by molar-refractivity contribution is 5.72. The van der Waals surface area contributed by atoms with Gasteiger partial charge in [-0.15, -0.1) is 0 Å². The van der Waals surface area contributed by atoms with Crippen LogP contribution in [0.25, 0.3) is 11.1 Å². The molecule has 4 rings (SSSR count). The zero-order valence-electron chi connectivity index (χ0n) is 15.5. The average molecular weight is 348 g/mol. The van der Waals surface area contributed by atoms with Gasteiger partial charge in [-0.25, -0.2) is 0 Å². The molecule has 0 radical (unpaired) electrons. The van der Waals surface area contributed by atoms with Crippen LogP contribution in [0.4, 0.5) is 5.69 Å². The Kier molecular flexibility index (Phi) is 4.51. The first kappa shape index (κ1) is 16.9. The second-order valence-electron chi connectivity index (χ2n) is 6.94. The molecule has 0 amide bonds. The third-order valence-electron chi connectivity index (χ3n) is 5.14. The van der Waals surface area contributed by atoms with Crippen molar-refractivity contribution in [3.63, 3.8) is 0 Å². The van der Waals surface area contributed by atoms with E-state index in [4.69, 9.17) is 9.26 Å². The van der Waals surface area contributed by atoms with Gasteiger partial charge in [-0.05, 0) is 42.7 Å². The van der Waals surface area contributed by atoms with E-state index < -0.39 is 0 Å². The lowest BCUT2D eigenvalue weighted by molar-refractivity contribution is 0.0560. The molecule has 0 aliphatic carbocycles. The molecule has 0 fully saturated rings. The van der Waals surface area contributed by atoms with Crippen LogP contribution in [0.2, 0.25) is 0 Å². The predicted molar refractivity (Wildman–Crippen MR) is 104 cm³/mol. The third kappa shape index (κ3) is 3.13. The van der Waals surface area contributed by atoms with E-state index in [1.165, 1.54) is 16.8 Å². The number of anilines is 1. The Labute approximate surface area is 154 Å². The molecule has 0 saturated heterocycles. The van der Waals surface area contributed by atoms with Gasteiger partial charge in [0.05, 0.1) is 18.4 Å². The monoisotopic (exact) mass is 348 g/mol. The van der Waals surface area contributed by atoms with Crippen LogP contribution in [0, 0.1) is 13.8 Å². The fraction of sp³-hybridized carbons (Fsp3) is 0.318. The normalized spacial score (nSPS) is 17.5. The fourth-order valence-corrected chi connectivity index (χ4v) is 3.76. The number of hydrogen-bond donors (Lipinski definition) is 0. The lowest BCUT2D eigenvalue weighted by atomic mass is 9.94. The molecule has 134 valence electrons. The van der Waals surface area contributed by atoms with Gasteiger partial charge in [-0.2, -0.15) is 0 Å². The molecule has 2 aromatic carbocycles. The second-order valence-corrected chi connectivity index (χ2v) is 6.94. The topological polar surface area (TPSA) is 38.5 Å². The molecule has 4 heteroatoms. The minimum atomic E-state index is 0.0727. The van der Waals surface area contributed by atoms with Crippen LogP contribution in [0.5, 0.6) is 0 Å². The van der Waals surface area contributed by atoms with E-state index in [1.54, 1.807) is 0 Å². The minimum absolute atomic E-state index is 0.0727. The highest BCUT2D eigenvalue weighted by Gasteiger charge is 2.21. The van der Waals surface area contributed by atoms with Gasteiger partial charge in [0.2, 0.25) is 0 Å². The molecule has 2 heterocycles. The van der Waals surface area contributed by atoms with E-state index in [9.17, 15) is 0 Å². The molecule has 4 nitrogen and oxygen atoms in total. The third-order valence-corrected chi connectivity index (χ3v) is 5.14. The van der Waals surface area contributed by atoms with Gasteiger partial charge in [-0.3, -0.25) is 0 Å². The van der Waals surface area contributed by atoms with Crippen LogP contribution in [0.15, 0.2) is 53.1 Å². The zero-order valence-corrected chi connectivity index (χ0v) is 15.5. The van der Waals surface area contributed by atoms with Crippen molar-refractivity contribution in [3.8, 4) is 11.1 Å². The summed E-state index contributed by atoms with van der Waals surface area (Å²) in [7, 11) is 2.13. The Morgan fingerprint density at radius 3 is 2.62 bits per heavy atom. The van der Waals surface area contributed by atoms with E-state index >= 15 is 0 Å². The standard InChI is InChI=1S/C22H24N2O2/c1-15-22(16(2)26-23-15)18-9-10-20-19(13-18)14-21(25-12-11-24(20)3)17-7-5-4-6-8-17/h4-10,13,21H,11-12,14H2,1-3H3. The van der Waals surface area contributed by atoms with Crippen molar-refractivity contribution < 1.29 is 9.26 Å². The molecule has 1 aromatic heterocycles. The number of benzene rings is 2. The molecule has 0 N–H and O–H groups in total. The SMILES string of the molecule is Cc1noc(C)c1-c1ccc2c(c1)CC(c1ccccc1)OCCN2C. The Balaban J connectivity index is 1.76. The summed E-state index contributed by atoms with van der Waals surface area (Å²) >= 11 is 0. The molecule has 1 aliphatic rings. The summed E-state index contributed by atoms with van der Waals surface area (Å²) in [5.74, 6) is 0.859. The van der Waals surface area contributed by atoms with Crippen molar-refractivity contribution in [2.75, 3.05) is 25.1 Å². The summed E-state index contributed by atoms with van der Waals surface area (Å²) < 4.78 is 11.6. The van der Waals surface area contributed by atoms with Gasteiger partial charge in [-0.1, -0.05) is 41.6 Å². The number of aromatic nitrogens is 1. The molecule has 0 bridgehead atoms. The summed E-state index contributed by atoms with van der Waals surface area (Å²) in [5.41, 5.74) is 6.96. The molecule has 3 aromatic rings. The minimum Gasteiger partial charge on any atom is -0.372 e. The first-order valence-electron chi connectivity index (χ1n) is 9.07. The van der Waals surface area contributed by atoms with Crippen molar-refractivity contribution in [2.24, 2.45) is 0 Å². The van der Waals surface area contributed by atoms with Gasteiger partial charge in [0, 0.05) is 31.3 Å². The van der Waals surface area contributed by atoms with Gasteiger partial charge < -0.3 is 14.2 Å². The summed E-state index contributed by atoms with van der Waals surface area (Å²) in [5, 5.41) is 4.11. The molecule has 1 atom stereocenters. The van der Waals surface area contributed by atoms with Gasteiger partial charge in [0.15, 0.2) is 0 Å². The first-order valence-corrected chi connectivity index (χ1v) is 9.07. The highest BCUT2D eigenvalue weighted by atomic mass is 16.5. The molecule has 0 spiro atoms. The first-order chi connectivity index (χ1) is 12.6. The molecular weight excluding hydrogens is 324 g/mol.